The summed E-state index contributed by atoms with van der Waals surface area (Å²) in [5.41, 5.74) is 1.29. The van der Waals surface area contributed by atoms with Gasteiger partial charge in [-0.05, 0) is 37.8 Å². The fourth-order valence-corrected chi connectivity index (χ4v) is 4.94. The van der Waals surface area contributed by atoms with Crippen molar-refractivity contribution in [2.45, 2.75) is 30.8 Å². The van der Waals surface area contributed by atoms with Gasteiger partial charge in [-0.2, -0.15) is 0 Å². The highest BCUT2D eigenvalue weighted by Crippen LogP contribution is 2.32. The molecule has 3 saturated heterocycles. The lowest BCUT2D eigenvalue weighted by molar-refractivity contribution is -0.105. The fraction of sp³-hybridized carbons (Fsp3) is 0.682. The second-order valence-corrected chi connectivity index (χ2v) is 8.57. The van der Waals surface area contributed by atoms with Crippen molar-refractivity contribution in [1.82, 2.24) is 15.1 Å². The van der Waals surface area contributed by atoms with Gasteiger partial charge in [0.2, 0.25) is 0 Å². The van der Waals surface area contributed by atoms with E-state index in [1.807, 2.05) is 4.90 Å². The molecule has 4 rings (SSSR count). The molecule has 0 unspecified atom stereocenters. The van der Waals surface area contributed by atoms with Gasteiger partial charge in [0.1, 0.15) is 0 Å². The molecule has 3 aliphatic rings. The van der Waals surface area contributed by atoms with Gasteiger partial charge in [-0.25, -0.2) is 4.79 Å². The van der Waals surface area contributed by atoms with Gasteiger partial charge in [0.05, 0.1) is 12.2 Å². The molecule has 1 aromatic carbocycles. The van der Waals surface area contributed by atoms with Crippen LogP contribution in [-0.2, 0) is 9.47 Å². The van der Waals surface area contributed by atoms with Crippen molar-refractivity contribution in [3.63, 3.8) is 0 Å². The van der Waals surface area contributed by atoms with Crippen LogP contribution >= 0.6 is 0 Å². The summed E-state index contributed by atoms with van der Waals surface area (Å²) in [4.78, 5) is 17.1. The maximum atomic E-state index is 12.8. The van der Waals surface area contributed by atoms with Crippen LogP contribution in [0.1, 0.15) is 30.7 Å². The van der Waals surface area contributed by atoms with Gasteiger partial charge in [0, 0.05) is 51.9 Å². The molecule has 0 saturated carbocycles. The van der Waals surface area contributed by atoms with Gasteiger partial charge >= 0.3 is 6.03 Å². The van der Waals surface area contributed by atoms with Crippen molar-refractivity contribution in [2.24, 2.45) is 5.92 Å². The fourth-order valence-electron chi connectivity index (χ4n) is 4.94. The van der Waals surface area contributed by atoms with Gasteiger partial charge in [0.15, 0.2) is 0 Å². The summed E-state index contributed by atoms with van der Waals surface area (Å²) in [6.07, 6.45) is 2.79. The number of urea groups is 1. The molecule has 0 bridgehead atoms. The Morgan fingerprint density at radius 2 is 1.89 bits per heavy atom. The maximum absolute atomic E-state index is 12.8. The minimum atomic E-state index is -0.0835. The summed E-state index contributed by atoms with van der Waals surface area (Å²) in [7, 11) is 2.16. The first-order valence-electron chi connectivity index (χ1n) is 10.6. The van der Waals surface area contributed by atoms with E-state index in [1.165, 1.54) is 5.56 Å². The number of likely N-dealkylation sites (N-methyl/N-ethyl adjacent to an activating group) is 1. The van der Waals surface area contributed by atoms with Gasteiger partial charge in [-0.1, -0.05) is 30.3 Å². The number of carbonyl (C=O) groups is 1. The van der Waals surface area contributed by atoms with E-state index in [1.54, 1.807) is 0 Å². The van der Waals surface area contributed by atoms with Crippen molar-refractivity contribution in [1.29, 1.82) is 0 Å². The number of hydrogen-bond donors (Lipinski definition) is 1. The Hall–Kier alpha value is -1.63. The third-order valence-electron chi connectivity index (χ3n) is 6.66. The molecule has 2 amide bonds. The zero-order chi connectivity index (χ0) is 19.4. The lowest BCUT2D eigenvalue weighted by atomic mass is 9.89. The Morgan fingerprint density at radius 3 is 2.68 bits per heavy atom. The second-order valence-electron chi connectivity index (χ2n) is 8.57. The van der Waals surface area contributed by atoms with Crippen LogP contribution in [0.3, 0.4) is 0 Å². The van der Waals surface area contributed by atoms with E-state index in [9.17, 15) is 4.79 Å². The molecule has 2 atom stereocenters. The molecule has 6 heteroatoms. The van der Waals surface area contributed by atoms with E-state index in [4.69, 9.17) is 9.47 Å². The van der Waals surface area contributed by atoms with Gasteiger partial charge in [-0.15, -0.1) is 0 Å². The number of rotatable bonds is 3. The number of nitrogens with one attached hydrogen (secondary N) is 1. The summed E-state index contributed by atoms with van der Waals surface area (Å²) >= 11 is 0. The smallest absolute Gasteiger partial charge is 0.317 e. The van der Waals surface area contributed by atoms with E-state index in [2.05, 4.69) is 47.6 Å². The van der Waals surface area contributed by atoms with Crippen molar-refractivity contribution < 1.29 is 14.3 Å². The third kappa shape index (κ3) is 4.50. The molecule has 3 aliphatic heterocycles. The Labute approximate surface area is 168 Å². The lowest BCUT2D eigenvalue weighted by Crippen LogP contribution is -2.44. The third-order valence-corrected chi connectivity index (χ3v) is 6.66. The van der Waals surface area contributed by atoms with Crippen LogP contribution in [0.4, 0.5) is 4.79 Å². The maximum Gasteiger partial charge on any atom is 0.317 e. The molecule has 3 heterocycles. The minimum Gasteiger partial charge on any atom is -0.381 e. The molecular formula is C22H33N3O3. The topological polar surface area (TPSA) is 54.0 Å². The van der Waals surface area contributed by atoms with Crippen molar-refractivity contribution in [3.8, 4) is 0 Å². The molecule has 6 nitrogen and oxygen atoms in total. The molecule has 1 spiro atoms. The first kappa shape index (κ1) is 19.7. The summed E-state index contributed by atoms with van der Waals surface area (Å²) in [5.74, 6) is 0.922. The van der Waals surface area contributed by atoms with Gasteiger partial charge < -0.3 is 24.6 Å². The number of likely N-dealkylation sites (tertiary alicyclic amines) is 1. The van der Waals surface area contributed by atoms with E-state index in [-0.39, 0.29) is 11.6 Å². The van der Waals surface area contributed by atoms with Gasteiger partial charge in [-0.3, -0.25) is 0 Å². The number of benzene rings is 1. The SMILES string of the molecule is CN1C[C@@H](CNC(=O)N2CCOC3(CCOCC3)CC2)[C@H](c2ccccc2)C1. The molecule has 0 aliphatic carbocycles. The predicted molar refractivity (Wildman–Crippen MR) is 108 cm³/mol. The number of nitrogens with zero attached hydrogens (tertiary/aromatic N) is 2. The highest BCUT2D eigenvalue weighted by atomic mass is 16.5. The van der Waals surface area contributed by atoms with E-state index in [0.29, 0.717) is 25.0 Å². The van der Waals surface area contributed by atoms with Crippen LogP contribution in [0.25, 0.3) is 0 Å². The quantitative estimate of drug-likeness (QED) is 0.865. The zero-order valence-electron chi connectivity index (χ0n) is 16.9. The Kier molecular flexibility index (Phi) is 6.19. The molecule has 154 valence electrons. The van der Waals surface area contributed by atoms with Gasteiger partial charge in [0.25, 0.3) is 0 Å². The number of hydrogen-bond acceptors (Lipinski definition) is 4. The van der Waals surface area contributed by atoms with Crippen LogP contribution in [0.15, 0.2) is 30.3 Å². The summed E-state index contributed by atoms with van der Waals surface area (Å²) in [5, 5.41) is 3.21. The van der Waals surface area contributed by atoms with Crippen LogP contribution < -0.4 is 5.32 Å². The van der Waals surface area contributed by atoms with E-state index < -0.39 is 0 Å². The van der Waals surface area contributed by atoms with Crippen LogP contribution in [0.5, 0.6) is 0 Å². The van der Waals surface area contributed by atoms with E-state index >= 15 is 0 Å². The molecule has 0 radical (unpaired) electrons. The lowest BCUT2D eigenvalue weighted by Gasteiger charge is -2.35. The highest BCUT2D eigenvalue weighted by Gasteiger charge is 2.37. The first-order valence-corrected chi connectivity index (χ1v) is 10.6. The van der Waals surface area contributed by atoms with Crippen LogP contribution in [0.2, 0.25) is 0 Å². The van der Waals surface area contributed by atoms with Crippen molar-refractivity contribution >= 4 is 6.03 Å². The Bertz CT molecular complexity index is 648. The number of ether oxygens (including phenoxy) is 2. The van der Waals surface area contributed by atoms with Crippen molar-refractivity contribution in [2.75, 3.05) is 59.6 Å². The zero-order valence-corrected chi connectivity index (χ0v) is 16.9. The molecule has 0 aromatic heterocycles. The average Bonchev–Trinajstić information content (AvgIpc) is 2.98. The van der Waals surface area contributed by atoms with Crippen LogP contribution in [-0.4, -0.2) is 81.0 Å². The van der Waals surface area contributed by atoms with Crippen LogP contribution in [0, 0.1) is 5.92 Å². The van der Waals surface area contributed by atoms with E-state index in [0.717, 1.165) is 58.7 Å². The molecule has 1 aromatic rings. The standard InChI is InChI=1S/C22H33N3O3/c1-24-16-19(20(17-24)18-5-3-2-4-6-18)15-23-21(26)25-10-7-22(28-14-11-25)8-12-27-13-9-22/h2-6,19-20H,7-17H2,1H3,(H,23,26)/t19-,20+/m1/s1. The second kappa shape index (κ2) is 8.80. The molecular weight excluding hydrogens is 354 g/mol. The molecule has 1 N–H and O–H groups in total. The largest absolute Gasteiger partial charge is 0.381 e. The highest BCUT2D eigenvalue weighted by molar-refractivity contribution is 5.74. The minimum absolute atomic E-state index is 0.0501. The first-order chi connectivity index (χ1) is 13.7. The summed E-state index contributed by atoms with van der Waals surface area (Å²) in [6, 6.07) is 10.7. The Morgan fingerprint density at radius 1 is 1.11 bits per heavy atom. The normalized spacial score (nSPS) is 28.2. The number of amides is 2. The summed E-state index contributed by atoms with van der Waals surface area (Å²) < 4.78 is 11.7. The predicted octanol–water partition coefficient (Wildman–Crippen LogP) is 2.31. The molecule has 28 heavy (non-hydrogen) atoms. The number of carbonyl (C=O) groups excluding carboxylic acids is 1. The average molecular weight is 388 g/mol. The van der Waals surface area contributed by atoms with Crippen molar-refractivity contribution in [3.05, 3.63) is 35.9 Å². The monoisotopic (exact) mass is 387 g/mol. The Balaban J connectivity index is 1.31. The molecule has 3 fully saturated rings. The summed E-state index contributed by atoms with van der Waals surface area (Å²) in [6.45, 7) is 6.37.